The maximum Gasteiger partial charge on any atom is 0.297 e. The highest BCUT2D eigenvalue weighted by Crippen LogP contribution is 2.59. The van der Waals surface area contributed by atoms with Gasteiger partial charge in [0, 0.05) is 50.6 Å². The number of anilines is 9. The lowest BCUT2D eigenvalue weighted by atomic mass is 9.35. The number of rotatable bonds is 5. The van der Waals surface area contributed by atoms with E-state index in [4.69, 9.17) is 4.42 Å². The van der Waals surface area contributed by atoms with E-state index in [2.05, 4.69) is 300 Å². The average molecular weight is 1240 g/mol. The molecule has 5 aliphatic carbocycles. The molecule has 0 spiro atoms. The molecule has 5 heteroatoms. The molecular formula is C89H102BN3O. The molecule has 0 bridgehead atoms. The lowest BCUT2D eigenvalue weighted by Crippen LogP contribution is -2.61. The van der Waals surface area contributed by atoms with Crippen molar-refractivity contribution in [3.8, 4) is 11.1 Å². The van der Waals surface area contributed by atoms with E-state index in [0.717, 1.165) is 79.7 Å². The molecule has 0 saturated heterocycles. The minimum Gasteiger partial charge on any atom is -0.468 e. The van der Waals surface area contributed by atoms with Gasteiger partial charge >= 0.3 is 0 Å². The van der Waals surface area contributed by atoms with Gasteiger partial charge in [-0.2, -0.15) is 0 Å². The normalized spacial score (nSPS) is 21.0. The fraction of sp³-hybridized carbons (Fsp3) is 0.438. The van der Waals surface area contributed by atoms with Gasteiger partial charge in [-0.3, -0.25) is 0 Å². The lowest BCUT2D eigenvalue weighted by Gasteiger charge is -2.47. The number of furan rings is 1. The Labute approximate surface area is 564 Å². The maximum atomic E-state index is 8.04. The first-order chi connectivity index (χ1) is 43.9. The summed E-state index contributed by atoms with van der Waals surface area (Å²) in [5, 5.41) is 1.20. The summed E-state index contributed by atoms with van der Waals surface area (Å²) in [6.07, 6.45) is 9.11. The van der Waals surface area contributed by atoms with Crippen LogP contribution in [0.3, 0.4) is 0 Å². The Morgan fingerprint density at radius 1 is 0.372 bits per heavy atom. The average Bonchev–Trinajstić information content (AvgIpc) is 1.23. The maximum absolute atomic E-state index is 8.04. The SMILES string of the molecule is CC(C)(C)c1ccc(N(c2cc3c4c(c2)N(c2ccc5c(c2)C(C)(C)CCC5(C)C)c2c(oc5cc6c(cc25)C(C)(C)CCC6(C)C)B4c2cc4c(cc2N3c2ccc3c(c2)C(C)(C)CCC3(C)C)C(C)(C)CCC4(C)C)c2ccc3c(c2)C(C)(C)c2ccccc2-3)cc1. The minimum absolute atomic E-state index is 0.00785. The largest absolute Gasteiger partial charge is 0.468 e. The van der Waals surface area contributed by atoms with Crippen LogP contribution in [-0.4, -0.2) is 6.71 Å². The summed E-state index contributed by atoms with van der Waals surface area (Å²) in [5.74, 6) is 0. The standard InChI is InChI=1S/C89H102BN3O/c1-80(2,3)53-26-28-54(29-27-53)91(55-30-33-60-59-24-22-23-25-62(59)89(20,21)65(60)44-55)58-47-74-77-75(48-58)93(57-32-35-64-67(46-57)84(10,11)39-37-82(64,6)7)78-61-49-68-71(88(18,19)43-40-85(68,12)13)52-76(61)94-79(78)90(77)72-50-69-70(87(16,17)42-41-86(69,14)15)51-73(72)92(74)56-31-34-63-66(45-56)83(8,9)38-36-81(63,4)5/h22-35,44-52H,36-43H2,1-21H3. The van der Waals surface area contributed by atoms with Gasteiger partial charge in [-0.05, 0) is 262 Å². The molecule has 3 heterocycles. The molecule has 1 aromatic heterocycles. The van der Waals surface area contributed by atoms with Crippen LogP contribution < -0.4 is 31.3 Å². The molecule has 2 aliphatic heterocycles. The first kappa shape index (κ1) is 61.6. The zero-order valence-corrected chi connectivity index (χ0v) is 60.8. The van der Waals surface area contributed by atoms with Crippen LogP contribution in [0.25, 0.3) is 22.1 Å². The Hall–Kier alpha value is -7.24. The van der Waals surface area contributed by atoms with Crippen molar-refractivity contribution in [1.29, 1.82) is 0 Å². The summed E-state index contributed by atoms with van der Waals surface area (Å²) < 4.78 is 8.04. The molecule has 0 radical (unpaired) electrons. The van der Waals surface area contributed by atoms with Crippen molar-refractivity contribution in [3.05, 3.63) is 201 Å². The molecule has 0 atom stereocenters. The van der Waals surface area contributed by atoms with E-state index in [-0.39, 0.29) is 60.9 Å². The van der Waals surface area contributed by atoms with Gasteiger partial charge in [0.25, 0.3) is 6.71 Å². The van der Waals surface area contributed by atoms with E-state index >= 15 is 0 Å². The van der Waals surface area contributed by atoms with Crippen LogP contribution in [0.2, 0.25) is 0 Å². The number of hydrogen-bond donors (Lipinski definition) is 0. The minimum atomic E-state index is -0.229. The molecule has 16 rings (SSSR count). The zero-order chi connectivity index (χ0) is 66.5. The fourth-order valence-corrected chi connectivity index (χ4v) is 19.1. The van der Waals surface area contributed by atoms with E-state index in [1.807, 2.05) is 0 Å². The molecule has 0 fully saturated rings. The molecule has 7 aliphatic rings. The monoisotopic (exact) mass is 1240 g/mol. The lowest BCUT2D eigenvalue weighted by molar-refractivity contribution is 0.332. The summed E-state index contributed by atoms with van der Waals surface area (Å²) in [7, 11) is 0. The van der Waals surface area contributed by atoms with Crippen molar-refractivity contribution in [2.24, 2.45) is 0 Å². The topological polar surface area (TPSA) is 22.9 Å². The van der Waals surface area contributed by atoms with Crippen LogP contribution in [0.1, 0.15) is 258 Å². The van der Waals surface area contributed by atoms with Gasteiger partial charge in [-0.25, -0.2) is 0 Å². The number of hydrogen-bond acceptors (Lipinski definition) is 4. The van der Waals surface area contributed by atoms with E-state index < -0.39 is 0 Å². The summed E-state index contributed by atoms with van der Waals surface area (Å²) in [5.41, 5.74) is 33.4. The van der Waals surface area contributed by atoms with Crippen molar-refractivity contribution in [2.45, 2.75) is 251 Å². The summed E-state index contributed by atoms with van der Waals surface area (Å²) in [4.78, 5) is 8.09. The molecule has 4 nitrogen and oxygen atoms in total. The molecule has 94 heavy (non-hydrogen) atoms. The molecule has 0 N–H and O–H groups in total. The van der Waals surface area contributed by atoms with Crippen molar-refractivity contribution in [2.75, 3.05) is 14.7 Å². The van der Waals surface area contributed by atoms with Crippen molar-refractivity contribution in [3.63, 3.8) is 0 Å². The Balaban J connectivity index is 1.08. The van der Waals surface area contributed by atoms with Crippen LogP contribution in [0.15, 0.2) is 144 Å². The second kappa shape index (κ2) is 19.5. The predicted octanol–water partition coefficient (Wildman–Crippen LogP) is 23.0. The second-order valence-electron chi connectivity index (χ2n) is 37.2. The number of benzene rings is 8. The van der Waals surface area contributed by atoms with Crippen LogP contribution in [0, 0.1) is 0 Å². The molecule has 0 unspecified atom stereocenters. The first-order valence-corrected chi connectivity index (χ1v) is 35.9. The van der Waals surface area contributed by atoms with Crippen molar-refractivity contribution in [1.82, 2.24) is 0 Å². The Kier molecular flexibility index (Phi) is 12.8. The Bertz CT molecular complexity index is 4710. The van der Waals surface area contributed by atoms with Crippen LogP contribution >= 0.6 is 0 Å². The number of nitrogens with zero attached hydrogens (tertiary/aromatic N) is 3. The van der Waals surface area contributed by atoms with Crippen LogP contribution in [0.5, 0.6) is 0 Å². The van der Waals surface area contributed by atoms with Crippen molar-refractivity contribution < 1.29 is 4.42 Å². The third-order valence-corrected chi connectivity index (χ3v) is 25.9. The third-order valence-electron chi connectivity index (χ3n) is 25.9. The molecule has 0 amide bonds. The quantitative estimate of drug-likeness (QED) is 0.160. The van der Waals surface area contributed by atoms with Crippen LogP contribution in [-0.2, 0) is 54.1 Å². The van der Waals surface area contributed by atoms with Gasteiger partial charge < -0.3 is 19.1 Å². The van der Waals surface area contributed by atoms with Gasteiger partial charge in [0.2, 0.25) is 0 Å². The highest BCUT2D eigenvalue weighted by Gasteiger charge is 2.52. The smallest absolute Gasteiger partial charge is 0.297 e. The van der Waals surface area contributed by atoms with Gasteiger partial charge in [-0.1, -0.05) is 206 Å². The molecule has 9 aromatic rings. The van der Waals surface area contributed by atoms with Crippen molar-refractivity contribution >= 4 is 85.5 Å². The fourth-order valence-electron chi connectivity index (χ4n) is 19.1. The summed E-state index contributed by atoms with van der Waals surface area (Å²) >= 11 is 0. The zero-order valence-electron chi connectivity index (χ0n) is 60.8. The first-order valence-electron chi connectivity index (χ1n) is 35.9. The summed E-state index contributed by atoms with van der Waals surface area (Å²) in [6.45, 7) is 51.4. The van der Waals surface area contributed by atoms with Crippen LogP contribution in [0.4, 0.5) is 51.2 Å². The van der Waals surface area contributed by atoms with E-state index in [0.29, 0.717) is 0 Å². The second-order valence-corrected chi connectivity index (χ2v) is 37.2. The van der Waals surface area contributed by atoms with Gasteiger partial charge in [0.15, 0.2) is 0 Å². The molecule has 0 saturated carbocycles. The number of fused-ring (bicyclic) bond motifs is 13. The summed E-state index contributed by atoms with van der Waals surface area (Å²) in [6, 6.07) is 57.1. The Morgan fingerprint density at radius 2 is 0.819 bits per heavy atom. The van der Waals surface area contributed by atoms with E-state index in [1.165, 1.54) is 123 Å². The highest BCUT2D eigenvalue weighted by molar-refractivity contribution is 7.00. The predicted molar refractivity (Wildman–Crippen MR) is 402 cm³/mol. The molecular weight excluding hydrogens is 1140 g/mol. The van der Waals surface area contributed by atoms with E-state index in [1.54, 1.807) is 0 Å². The third kappa shape index (κ3) is 8.88. The molecule has 8 aromatic carbocycles. The molecule has 482 valence electrons. The van der Waals surface area contributed by atoms with Gasteiger partial charge in [0.05, 0.1) is 17.0 Å². The highest BCUT2D eigenvalue weighted by atomic mass is 16.3. The van der Waals surface area contributed by atoms with Gasteiger partial charge in [-0.15, -0.1) is 0 Å². The van der Waals surface area contributed by atoms with E-state index in [9.17, 15) is 0 Å². The van der Waals surface area contributed by atoms with Gasteiger partial charge in [0.1, 0.15) is 5.58 Å². The Morgan fingerprint density at radius 3 is 1.36 bits per heavy atom.